The number of hydrogen-bond donors (Lipinski definition) is 1. The van der Waals surface area contributed by atoms with Gasteiger partial charge in [0, 0.05) is 17.7 Å². The number of hydrogen-bond acceptors (Lipinski definition) is 4. The van der Waals surface area contributed by atoms with Crippen LogP contribution in [0.2, 0.25) is 0 Å². The lowest BCUT2D eigenvalue weighted by molar-refractivity contribution is 0.0939. The molecular formula is C20H19FN2O3S. The summed E-state index contributed by atoms with van der Waals surface area (Å²) >= 11 is 0. The number of carbonyl (C=O) groups excluding carboxylic acids is 1. The van der Waals surface area contributed by atoms with Gasteiger partial charge >= 0.3 is 0 Å². The van der Waals surface area contributed by atoms with Crippen molar-refractivity contribution in [3.05, 3.63) is 71.2 Å². The van der Waals surface area contributed by atoms with E-state index in [0.717, 1.165) is 11.8 Å². The fourth-order valence-electron chi connectivity index (χ4n) is 2.83. The van der Waals surface area contributed by atoms with Crippen LogP contribution in [0.4, 0.5) is 4.39 Å². The topological polar surface area (TPSA) is 76.1 Å². The molecule has 0 aliphatic rings. The molecular weight excluding hydrogens is 367 g/mol. The second-order valence-corrected chi connectivity index (χ2v) is 8.51. The lowest BCUT2D eigenvalue weighted by Gasteiger charge is -2.16. The lowest BCUT2D eigenvalue weighted by Crippen LogP contribution is -2.27. The molecule has 1 aromatic heterocycles. The van der Waals surface area contributed by atoms with Crippen molar-refractivity contribution in [1.82, 2.24) is 10.3 Å². The average molecular weight is 386 g/mol. The van der Waals surface area contributed by atoms with Gasteiger partial charge in [0.1, 0.15) is 5.82 Å². The van der Waals surface area contributed by atoms with E-state index in [2.05, 4.69) is 10.3 Å². The smallest absolute Gasteiger partial charge is 0.253 e. The maximum absolute atomic E-state index is 13.3. The summed E-state index contributed by atoms with van der Waals surface area (Å²) in [6, 6.07) is 12.0. The summed E-state index contributed by atoms with van der Waals surface area (Å²) < 4.78 is 36.4. The zero-order chi connectivity index (χ0) is 19.8. The predicted molar refractivity (Wildman–Crippen MR) is 102 cm³/mol. The number of aryl methyl sites for hydroxylation is 1. The average Bonchev–Trinajstić information content (AvgIpc) is 2.60. The van der Waals surface area contributed by atoms with Crippen molar-refractivity contribution in [1.29, 1.82) is 0 Å². The van der Waals surface area contributed by atoms with E-state index in [1.807, 2.05) is 6.92 Å². The second-order valence-electron chi connectivity index (χ2n) is 6.49. The summed E-state index contributed by atoms with van der Waals surface area (Å²) in [6.07, 6.45) is 1.15. The predicted octanol–water partition coefficient (Wildman–Crippen LogP) is 3.58. The highest BCUT2D eigenvalue weighted by molar-refractivity contribution is 7.90. The summed E-state index contributed by atoms with van der Waals surface area (Å²) in [6.45, 7) is 3.51. The maximum Gasteiger partial charge on any atom is 0.253 e. The van der Waals surface area contributed by atoms with Gasteiger partial charge in [-0.3, -0.25) is 9.78 Å². The van der Waals surface area contributed by atoms with E-state index in [1.165, 1.54) is 24.3 Å². The first-order chi connectivity index (χ1) is 12.6. The number of nitrogens with zero attached hydrogens (tertiary/aromatic N) is 1. The van der Waals surface area contributed by atoms with E-state index in [1.54, 1.807) is 31.2 Å². The molecule has 1 atom stereocenters. The number of nitrogens with one attached hydrogen (secondary N) is 1. The lowest BCUT2D eigenvalue weighted by atomic mass is 10.1. The number of pyridine rings is 1. The normalized spacial score (nSPS) is 12.7. The van der Waals surface area contributed by atoms with Crippen molar-refractivity contribution in [2.45, 2.75) is 24.8 Å². The van der Waals surface area contributed by atoms with E-state index in [0.29, 0.717) is 22.2 Å². The van der Waals surface area contributed by atoms with Gasteiger partial charge in [-0.2, -0.15) is 0 Å². The third-order valence-electron chi connectivity index (χ3n) is 4.37. The first-order valence-electron chi connectivity index (χ1n) is 8.33. The standard InChI is InChI=1S/C20H19FN2O3S/c1-12(14-5-8-17(9-6-14)27(3,25)26)23-20(24)18-10-15-4-7-16(21)11-19(15)22-13(18)2/h4-12H,1-3H3,(H,23,24)/t12-/m1/s1. The quantitative estimate of drug-likeness (QED) is 0.744. The number of amides is 1. The molecule has 7 heteroatoms. The van der Waals surface area contributed by atoms with Crippen molar-refractivity contribution in [2.75, 3.05) is 6.26 Å². The summed E-state index contributed by atoms with van der Waals surface area (Å²) in [5.41, 5.74) is 2.19. The number of fused-ring (bicyclic) bond motifs is 1. The summed E-state index contributed by atoms with van der Waals surface area (Å²) in [4.78, 5) is 17.2. The molecule has 0 fully saturated rings. The van der Waals surface area contributed by atoms with Crippen LogP contribution in [0, 0.1) is 12.7 Å². The highest BCUT2D eigenvalue weighted by atomic mass is 32.2. The summed E-state index contributed by atoms with van der Waals surface area (Å²) in [5, 5.41) is 3.56. The third kappa shape index (κ3) is 4.14. The Labute approximate surface area is 157 Å². The van der Waals surface area contributed by atoms with Gasteiger partial charge in [0.15, 0.2) is 9.84 Å². The molecule has 3 aromatic rings. The van der Waals surface area contributed by atoms with Crippen LogP contribution in [0.25, 0.3) is 10.9 Å². The van der Waals surface area contributed by atoms with Crippen molar-refractivity contribution >= 4 is 26.6 Å². The number of aromatic nitrogens is 1. The molecule has 1 heterocycles. The van der Waals surface area contributed by atoms with E-state index >= 15 is 0 Å². The van der Waals surface area contributed by atoms with Gasteiger partial charge in [0.25, 0.3) is 5.91 Å². The molecule has 0 unspecified atom stereocenters. The van der Waals surface area contributed by atoms with Crippen LogP contribution in [0.1, 0.15) is 34.6 Å². The Balaban J connectivity index is 1.83. The molecule has 1 N–H and O–H groups in total. The van der Waals surface area contributed by atoms with Gasteiger partial charge in [-0.05, 0) is 49.7 Å². The Hall–Kier alpha value is -2.80. The summed E-state index contributed by atoms with van der Waals surface area (Å²) in [7, 11) is -3.26. The number of sulfone groups is 1. The van der Waals surface area contributed by atoms with Gasteiger partial charge in [-0.1, -0.05) is 12.1 Å². The Morgan fingerprint density at radius 3 is 2.41 bits per heavy atom. The minimum absolute atomic E-state index is 0.228. The monoisotopic (exact) mass is 386 g/mol. The van der Waals surface area contributed by atoms with Gasteiger partial charge in [0.05, 0.1) is 27.7 Å². The molecule has 140 valence electrons. The highest BCUT2D eigenvalue weighted by Crippen LogP contribution is 2.20. The van der Waals surface area contributed by atoms with E-state index in [-0.39, 0.29) is 22.7 Å². The van der Waals surface area contributed by atoms with Crippen LogP contribution in [-0.2, 0) is 9.84 Å². The van der Waals surface area contributed by atoms with Crippen molar-refractivity contribution in [2.24, 2.45) is 0 Å². The molecule has 0 saturated carbocycles. The molecule has 0 spiro atoms. The molecule has 1 amide bonds. The van der Waals surface area contributed by atoms with Crippen LogP contribution in [0.15, 0.2) is 53.4 Å². The van der Waals surface area contributed by atoms with Crippen LogP contribution in [0.3, 0.4) is 0 Å². The summed E-state index contributed by atoms with van der Waals surface area (Å²) in [5.74, 6) is -0.677. The highest BCUT2D eigenvalue weighted by Gasteiger charge is 2.16. The fraction of sp³-hybridized carbons (Fsp3) is 0.200. The Bertz CT molecular complexity index is 1130. The molecule has 0 bridgehead atoms. The number of carbonyl (C=O) groups is 1. The van der Waals surface area contributed by atoms with Crippen molar-refractivity contribution in [3.63, 3.8) is 0 Å². The SMILES string of the molecule is Cc1nc2cc(F)ccc2cc1C(=O)N[C@H](C)c1ccc(S(C)(=O)=O)cc1. The fourth-order valence-corrected chi connectivity index (χ4v) is 3.46. The molecule has 0 aliphatic heterocycles. The largest absolute Gasteiger partial charge is 0.345 e. The van der Waals surface area contributed by atoms with Gasteiger partial charge < -0.3 is 5.32 Å². The molecule has 27 heavy (non-hydrogen) atoms. The Morgan fingerprint density at radius 1 is 1.11 bits per heavy atom. The van der Waals surface area contributed by atoms with Crippen molar-refractivity contribution < 1.29 is 17.6 Å². The molecule has 3 rings (SSSR count). The van der Waals surface area contributed by atoms with Crippen LogP contribution < -0.4 is 5.32 Å². The number of benzene rings is 2. The minimum Gasteiger partial charge on any atom is -0.345 e. The molecule has 0 radical (unpaired) electrons. The first-order valence-corrected chi connectivity index (χ1v) is 10.2. The zero-order valence-electron chi connectivity index (χ0n) is 15.2. The van der Waals surface area contributed by atoms with Crippen LogP contribution in [-0.4, -0.2) is 25.6 Å². The van der Waals surface area contributed by atoms with Gasteiger partial charge in [-0.25, -0.2) is 12.8 Å². The van der Waals surface area contributed by atoms with Gasteiger partial charge in [-0.15, -0.1) is 0 Å². The number of halogens is 1. The molecule has 0 saturated heterocycles. The van der Waals surface area contributed by atoms with Gasteiger partial charge in [0.2, 0.25) is 0 Å². The molecule has 2 aromatic carbocycles. The first kappa shape index (κ1) is 19.0. The van der Waals surface area contributed by atoms with E-state index < -0.39 is 9.84 Å². The van der Waals surface area contributed by atoms with Crippen LogP contribution >= 0.6 is 0 Å². The Morgan fingerprint density at radius 2 is 1.78 bits per heavy atom. The maximum atomic E-state index is 13.3. The minimum atomic E-state index is -3.26. The van der Waals surface area contributed by atoms with Crippen molar-refractivity contribution in [3.8, 4) is 0 Å². The third-order valence-corrected chi connectivity index (χ3v) is 5.50. The molecule has 5 nitrogen and oxygen atoms in total. The zero-order valence-corrected chi connectivity index (χ0v) is 16.0. The van der Waals surface area contributed by atoms with E-state index in [4.69, 9.17) is 0 Å². The second kappa shape index (κ2) is 7.08. The Kier molecular flexibility index (Phi) is 4.97. The van der Waals surface area contributed by atoms with E-state index in [9.17, 15) is 17.6 Å². The number of rotatable bonds is 4. The van der Waals surface area contributed by atoms with Crippen LogP contribution in [0.5, 0.6) is 0 Å². The molecule has 0 aliphatic carbocycles.